The van der Waals surface area contributed by atoms with Gasteiger partial charge < -0.3 is 28.9 Å². The third-order valence-corrected chi connectivity index (χ3v) is 7.89. The Kier molecular flexibility index (Phi) is 8.79. The van der Waals surface area contributed by atoms with E-state index in [-0.39, 0.29) is 18.1 Å². The summed E-state index contributed by atoms with van der Waals surface area (Å²) in [4.78, 5) is 0. The highest BCUT2D eigenvalue weighted by Gasteiger charge is 2.61. The van der Waals surface area contributed by atoms with Gasteiger partial charge in [-0.25, -0.2) is 4.74 Å². The molecule has 3 fully saturated rings. The molecule has 5 atom stereocenters. The number of fused-ring (bicyclic) bond motifs is 3. The van der Waals surface area contributed by atoms with Crippen LogP contribution < -0.4 is 0 Å². The SMILES string of the molecule is CC1=C(/C=C/C(C)=C/C=C/C(C)=C/C=[N+](\[O-])C[C@H]2O[C@@H]3OC(C)(C)O[C@@H]3[C@H]3OC(C)(C)O[C@H]32)C(C)(C)CCC1. The molecule has 7 nitrogen and oxygen atoms in total. The van der Waals surface area contributed by atoms with Gasteiger partial charge in [-0.3, -0.25) is 0 Å². The minimum Gasteiger partial charge on any atom is -0.624 e. The van der Waals surface area contributed by atoms with E-state index < -0.39 is 36.2 Å². The van der Waals surface area contributed by atoms with Crippen LogP contribution in [0.2, 0.25) is 0 Å². The van der Waals surface area contributed by atoms with Crippen molar-refractivity contribution in [2.75, 3.05) is 6.54 Å². The maximum Gasteiger partial charge on any atom is 0.190 e. The topological polar surface area (TPSA) is 72.2 Å². The lowest BCUT2D eigenvalue weighted by atomic mass is 9.72. The third kappa shape index (κ3) is 7.39. The molecule has 0 N–H and O–H groups in total. The van der Waals surface area contributed by atoms with Crippen molar-refractivity contribution in [3.8, 4) is 0 Å². The highest BCUT2D eigenvalue weighted by molar-refractivity contribution is 5.68. The van der Waals surface area contributed by atoms with Crippen LogP contribution in [0.25, 0.3) is 0 Å². The lowest BCUT2D eigenvalue weighted by molar-refractivity contribution is -0.474. The van der Waals surface area contributed by atoms with Crippen molar-refractivity contribution in [3.05, 3.63) is 64.0 Å². The van der Waals surface area contributed by atoms with E-state index in [2.05, 4.69) is 45.9 Å². The Labute approximate surface area is 234 Å². The van der Waals surface area contributed by atoms with E-state index in [0.29, 0.717) is 0 Å². The smallest absolute Gasteiger partial charge is 0.190 e. The van der Waals surface area contributed by atoms with Gasteiger partial charge in [0.15, 0.2) is 30.6 Å². The van der Waals surface area contributed by atoms with Crippen LogP contribution in [-0.2, 0) is 23.7 Å². The number of rotatable bonds is 7. The van der Waals surface area contributed by atoms with E-state index in [4.69, 9.17) is 23.7 Å². The normalized spacial score (nSPS) is 34.7. The fourth-order valence-corrected chi connectivity index (χ4v) is 5.97. The molecule has 0 aromatic heterocycles. The monoisotopic (exact) mass is 541 g/mol. The van der Waals surface area contributed by atoms with E-state index >= 15 is 0 Å². The van der Waals surface area contributed by atoms with Crippen LogP contribution in [0, 0.1) is 10.6 Å². The standard InChI is InChI=1S/C32H47NO6/c1-21(15-16-24-23(3)14-11-18-30(24,4)5)12-10-13-22(2)17-19-33(34)20-25-26-27(37-31(6,7)36-26)28-29(35-25)39-32(8,9)38-28/h10,12-13,15-17,19,25-29H,11,14,18,20H2,1-9H3/b13-10+,16-15+,21-12+,22-17+,33-19-/t25-,26+,27+,28-,29-/m1/s1. The van der Waals surface area contributed by atoms with E-state index in [9.17, 15) is 5.21 Å². The Morgan fingerprint density at radius 1 is 0.897 bits per heavy atom. The first-order chi connectivity index (χ1) is 18.2. The van der Waals surface area contributed by atoms with Crippen molar-refractivity contribution < 1.29 is 28.4 Å². The van der Waals surface area contributed by atoms with Gasteiger partial charge in [-0.15, -0.1) is 0 Å². The molecule has 0 unspecified atom stereocenters. The van der Waals surface area contributed by atoms with Crippen molar-refractivity contribution >= 4 is 6.21 Å². The molecule has 0 saturated carbocycles. The minimum absolute atomic E-state index is 0.0938. The van der Waals surface area contributed by atoms with Crippen LogP contribution in [0.1, 0.15) is 81.6 Å². The Hall–Kier alpha value is -2.03. The molecule has 0 amide bonds. The van der Waals surface area contributed by atoms with Gasteiger partial charge in [0.2, 0.25) is 0 Å². The van der Waals surface area contributed by atoms with Crippen LogP contribution in [-0.4, -0.2) is 59.8 Å². The van der Waals surface area contributed by atoms with Crippen molar-refractivity contribution in [3.63, 3.8) is 0 Å². The summed E-state index contributed by atoms with van der Waals surface area (Å²) in [7, 11) is 0. The van der Waals surface area contributed by atoms with Crippen LogP contribution in [0.15, 0.2) is 58.7 Å². The molecule has 216 valence electrons. The van der Waals surface area contributed by atoms with Gasteiger partial charge in [-0.1, -0.05) is 55.4 Å². The van der Waals surface area contributed by atoms with Crippen molar-refractivity contribution in [1.82, 2.24) is 0 Å². The average molecular weight is 542 g/mol. The van der Waals surface area contributed by atoms with Gasteiger partial charge in [0.1, 0.15) is 24.4 Å². The zero-order valence-corrected chi connectivity index (χ0v) is 25.2. The summed E-state index contributed by atoms with van der Waals surface area (Å²) in [6, 6.07) is 0. The molecule has 1 aliphatic carbocycles. The Morgan fingerprint density at radius 2 is 1.54 bits per heavy atom. The fraction of sp³-hybridized carbons (Fsp3) is 0.656. The summed E-state index contributed by atoms with van der Waals surface area (Å²) in [5.74, 6) is -1.57. The molecule has 3 saturated heterocycles. The summed E-state index contributed by atoms with van der Waals surface area (Å²) >= 11 is 0. The van der Waals surface area contributed by atoms with Gasteiger partial charge in [-0.05, 0) is 84.3 Å². The Balaban J connectivity index is 1.36. The fourth-order valence-electron chi connectivity index (χ4n) is 5.97. The highest BCUT2D eigenvalue weighted by atomic mass is 16.9. The molecule has 0 spiro atoms. The second kappa shape index (κ2) is 11.5. The maximum absolute atomic E-state index is 12.8. The molecule has 0 aromatic carbocycles. The van der Waals surface area contributed by atoms with Crippen LogP contribution in [0.5, 0.6) is 0 Å². The summed E-state index contributed by atoms with van der Waals surface area (Å²) in [5, 5.41) is 12.8. The Bertz CT molecular complexity index is 1110. The van der Waals surface area contributed by atoms with Gasteiger partial charge in [0.05, 0.1) is 0 Å². The number of hydroxylamine groups is 1. The molecule has 3 heterocycles. The van der Waals surface area contributed by atoms with Crippen LogP contribution >= 0.6 is 0 Å². The van der Waals surface area contributed by atoms with Crippen molar-refractivity contribution in [2.45, 2.75) is 124 Å². The van der Waals surface area contributed by atoms with Crippen molar-refractivity contribution in [2.24, 2.45) is 5.41 Å². The second-order valence-electron chi connectivity index (χ2n) is 12.9. The first-order valence-electron chi connectivity index (χ1n) is 14.2. The van der Waals surface area contributed by atoms with Gasteiger partial charge >= 0.3 is 0 Å². The number of allylic oxidation sites excluding steroid dienone is 10. The first-order valence-corrected chi connectivity index (χ1v) is 14.2. The number of nitrogens with zero attached hydrogens (tertiary/aromatic N) is 1. The molecule has 0 radical (unpaired) electrons. The van der Waals surface area contributed by atoms with E-state index in [0.717, 1.165) is 10.3 Å². The molecule has 39 heavy (non-hydrogen) atoms. The molecular weight excluding hydrogens is 494 g/mol. The van der Waals surface area contributed by atoms with Gasteiger partial charge in [0, 0.05) is 6.08 Å². The average Bonchev–Trinajstić information content (AvgIpc) is 3.31. The van der Waals surface area contributed by atoms with Gasteiger partial charge in [-0.2, -0.15) is 0 Å². The zero-order valence-electron chi connectivity index (χ0n) is 25.2. The number of ether oxygens (including phenoxy) is 5. The van der Waals surface area contributed by atoms with Crippen LogP contribution in [0.4, 0.5) is 0 Å². The van der Waals surface area contributed by atoms with E-state index in [1.54, 1.807) is 6.08 Å². The van der Waals surface area contributed by atoms with E-state index in [1.165, 1.54) is 42.2 Å². The summed E-state index contributed by atoms with van der Waals surface area (Å²) in [6.45, 7) is 18.5. The van der Waals surface area contributed by atoms with Crippen LogP contribution in [0.3, 0.4) is 0 Å². The zero-order chi connectivity index (χ0) is 28.6. The molecule has 0 aromatic rings. The lowest BCUT2D eigenvalue weighted by Crippen LogP contribution is -2.56. The quantitative estimate of drug-likeness (QED) is 0.121. The number of hydrogen-bond acceptors (Lipinski definition) is 6. The predicted octanol–water partition coefficient (Wildman–Crippen LogP) is 6.50. The molecular formula is C32H47NO6. The van der Waals surface area contributed by atoms with Gasteiger partial charge in [0.25, 0.3) is 0 Å². The van der Waals surface area contributed by atoms with Crippen molar-refractivity contribution in [1.29, 1.82) is 0 Å². The molecule has 3 aliphatic heterocycles. The molecule has 0 bridgehead atoms. The molecule has 4 rings (SSSR count). The lowest BCUT2D eigenvalue weighted by Gasteiger charge is -2.36. The molecule has 4 aliphatic rings. The largest absolute Gasteiger partial charge is 0.624 e. The first kappa shape index (κ1) is 29.9. The third-order valence-electron chi connectivity index (χ3n) is 7.89. The Morgan fingerprint density at radius 3 is 2.26 bits per heavy atom. The maximum atomic E-state index is 12.8. The predicted molar refractivity (Wildman–Crippen MR) is 153 cm³/mol. The second-order valence-corrected chi connectivity index (χ2v) is 12.9. The summed E-state index contributed by atoms with van der Waals surface area (Å²) in [5.41, 5.74) is 5.35. The number of hydrogen-bond donors (Lipinski definition) is 0. The summed E-state index contributed by atoms with van der Waals surface area (Å²) in [6.07, 6.45) is 15.3. The summed E-state index contributed by atoms with van der Waals surface area (Å²) < 4.78 is 31.2. The molecule has 7 heteroatoms. The minimum atomic E-state index is -0.788. The van der Waals surface area contributed by atoms with E-state index in [1.807, 2.05) is 46.8 Å². The highest BCUT2D eigenvalue weighted by Crippen LogP contribution is 2.44.